The Kier molecular flexibility index (Phi) is 3.55. The zero-order valence-corrected chi connectivity index (χ0v) is 6.52. The SMILES string of the molecule is C=C(CC)[C@H](C)[C@@H](C)O. The van der Waals surface area contributed by atoms with Crippen molar-refractivity contribution in [2.24, 2.45) is 5.92 Å². The van der Waals surface area contributed by atoms with Crippen molar-refractivity contribution in [2.75, 3.05) is 0 Å². The number of rotatable bonds is 3. The molecule has 0 unspecified atom stereocenters. The Labute approximate surface area is 57.4 Å². The van der Waals surface area contributed by atoms with Gasteiger partial charge < -0.3 is 5.11 Å². The van der Waals surface area contributed by atoms with E-state index >= 15 is 0 Å². The van der Waals surface area contributed by atoms with E-state index in [1.807, 2.05) is 6.92 Å². The fourth-order valence-electron chi connectivity index (χ4n) is 0.663. The van der Waals surface area contributed by atoms with Crippen LogP contribution in [-0.4, -0.2) is 11.2 Å². The molecule has 0 spiro atoms. The molecule has 0 aliphatic carbocycles. The van der Waals surface area contributed by atoms with E-state index in [0.717, 1.165) is 12.0 Å². The first-order valence-corrected chi connectivity index (χ1v) is 3.45. The molecule has 0 aliphatic rings. The molecule has 0 heterocycles. The fourth-order valence-corrected chi connectivity index (χ4v) is 0.663. The zero-order valence-electron chi connectivity index (χ0n) is 6.52. The quantitative estimate of drug-likeness (QED) is 0.576. The minimum atomic E-state index is -0.252. The Bertz CT molecular complexity index is 94.7. The first-order chi connectivity index (χ1) is 4.09. The van der Waals surface area contributed by atoms with E-state index in [-0.39, 0.29) is 12.0 Å². The van der Waals surface area contributed by atoms with Gasteiger partial charge in [0.25, 0.3) is 0 Å². The summed E-state index contributed by atoms with van der Waals surface area (Å²) >= 11 is 0. The molecular formula is C8H16O. The van der Waals surface area contributed by atoms with Crippen LogP contribution in [0.15, 0.2) is 12.2 Å². The lowest BCUT2D eigenvalue weighted by Gasteiger charge is -2.15. The molecule has 0 rings (SSSR count). The lowest BCUT2D eigenvalue weighted by molar-refractivity contribution is 0.151. The highest BCUT2D eigenvalue weighted by Crippen LogP contribution is 2.14. The van der Waals surface area contributed by atoms with Gasteiger partial charge in [-0.1, -0.05) is 26.0 Å². The summed E-state index contributed by atoms with van der Waals surface area (Å²) in [6.07, 6.45) is 0.712. The topological polar surface area (TPSA) is 20.2 Å². The Hall–Kier alpha value is -0.300. The van der Waals surface area contributed by atoms with E-state index in [2.05, 4.69) is 13.5 Å². The van der Waals surface area contributed by atoms with Gasteiger partial charge in [0.05, 0.1) is 6.10 Å². The molecule has 0 aromatic rings. The lowest BCUT2D eigenvalue weighted by Crippen LogP contribution is -2.14. The van der Waals surface area contributed by atoms with Crippen LogP contribution in [0, 0.1) is 5.92 Å². The summed E-state index contributed by atoms with van der Waals surface area (Å²) in [5.41, 5.74) is 1.13. The van der Waals surface area contributed by atoms with Gasteiger partial charge in [-0.05, 0) is 13.3 Å². The molecule has 1 heteroatoms. The van der Waals surface area contributed by atoms with Gasteiger partial charge in [0.1, 0.15) is 0 Å². The molecule has 0 aromatic heterocycles. The van der Waals surface area contributed by atoms with Crippen molar-refractivity contribution >= 4 is 0 Å². The molecule has 0 radical (unpaired) electrons. The van der Waals surface area contributed by atoms with Gasteiger partial charge in [-0.2, -0.15) is 0 Å². The summed E-state index contributed by atoms with van der Waals surface area (Å²) in [6, 6.07) is 0. The van der Waals surface area contributed by atoms with E-state index in [1.165, 1.54) is 0 Å². The van der Waals surface area contributed by atoms with E-state index in [1.54, 1.807) is 6.92 Å². The fraction of sp³-hybridized carbons (Fsp3) is 0.750. The van der Waals surface area contributed by atoms with Gasteiger partial charge in [0, 0.05) is 5.92 Å². The molecule has 0 aromatic carbocycles. The molecule has 1 nitrogen and oxygen atoms in total. The largest absolute Gasteiger partial charge is 0.393 e. The first kappa shape index (κ1) is 8.70. The molecule has 0 bridgehead atoms. The summed E-state index contributed by atoms with van der Waals surface area (Å²) in [4.78, 5) is 0. The standard InChI is InChI=1S/C8H16O/c1-5-6(2)7(3)8(4)9/h7-9H,2,5H2,1,3-4H3/t7-,8+/m0/s1. The van der Waals surface area contributed by atoms with E-state index in [0.29, 0.717) is 0 Å². The van der Waals surface area contributed by atoms with Crippen LogP contribution in [0.4, 0.5) is 0 Å². The predicted octanol–water partition coefficient (Wildman–Crippen LogP) is 1.97. The monoisotopic (exact) mass is 128 g/mol. The van der Waals surface area contributed by atoms with Crippen molar-refractivity contribution in [1.29, 1.82) is 0 Å². The van der Waals surface area contributed by atoms with Crippen LogP contribution in [0.2, 0.25) is 0 Å². The summed E-state index contributed by atoms with van der Waals surface area (Å²) < 4.78 is 0. The van der Waals surface area contributed by atoms with Crippen LogP contribution in [0.25, 0.3) is 0 Å². The van der Waals surface area contributed by atoms with Crippen molar-refractivity contribution in [1.82, 2.24) is 0 Å². The van der Waals surface area contributed by atoms with Gasteiger partial charge in [-0.15, -0.1) is 0 Å². The molecule has 0 saturated carbocycles. The zero-order chi connectivity index (χ0) is 7.44. The summed E-state index contributed by atoms with van der Waals surface area (Å²) in [7, 11) is 0. The molecular weight excluding hydrogens is 112 g/mol. The molecule has 0 saturated heterocycles. The highest BCUT2D eigenvalue weighted by molar-refractivity contribution is 4.99. The van der Waals surface area contributed by atoms with Crippen LogP contribution in [0.3, 0.4) is 0 Å². The molecule has 0 aliphatic heterocycles. The minimum Gasteiger partial charge on any atom is -0.393 e. The molecule has 0 amide bonds. The number of aliphatic hydroxyl groups is 1. The smallest absolute Gasteiger partial charge is 0.0574 e. The summed E-state index contributed by atoms with van der Waals surface area (Å²) in [5.74, 6) is 0.245. The van der Waals surface area contributed by atoms with Gasteiger partial charge in [-0.3, -0.25) is 0 Å². The predicted molar refractivity (Wildman–Crippen MR) is 40.3 cm³/mol. The van der Waals surface area contributed by atoms with Crippen molar-refractivity contribution in [2.45, 2.75) is 33.3 Å². The Morgan fingerprint density at radius 1 is 1.56 bits per heavy atom. The number of hydrogen-bond donors (Lipinski definition) is 1. The Morgan fingerprint density at radius 2 is 2.00 bits per heavy atom. The molecule has 2 atom stereocenters. The normalized spacial score (nSPS) is 16.9. The minimum absolute atomic E-state index is 0.245. The van der Waals surface area contributed by atoms with Crippen LogP contribution in [-0.2, 0) is 0 Å². The third-order valence-electron chi connectivity index (χ3n) is 1.82. The van der Waals surface area contributed by atoms with Crippen molar-refractivity contribution in [3.05, 3.63) is 12.2 Å². The number of aliphatic hydroxyl groups excluding tert-OH is 1. The Morgan fingerprint density at radius 3 is 2.11 bits per heavy atom. The van der Waals surface area contributed by atoms with E-state index in [4.69, 9.17) is 5.11 Å². The molecule has 1 N–H and O–H groups in total. The van der Waals surface area contributed by atoms with Gasteiger partial charge in [0.15, 0.2) is 0 Å². The molecule has 54 valence electrons. The highest BCUT2D eigenvalue weighted by atomic mass is 16.3. The van der Waals surface area contributed by atoms with E-state index in [9.17, 15) is 0 Å². The maximum absolute atomic E-state index is 9.06. The molecule has 0 fully saturated rings. The van der Waals surface area contributed by atoms with Crippen molar-refractivity contribution < 1.29 is 5.11 Å². The lowest BCUT2D eigenvalue weighted by atomic mass is 9.96. The second-order valence-electron chi connectivity index (χ2n) is 2.54. The van der Waals surface area contributed by atoms with Crippen LogP contribution >= 0.6 is 0 Å². The molecule has 9 heavy (non-hydrogen) atoms. The average molecular weight is 128 g/mol. The van der Waals surface area contributed by atoms with Gasteiger partial charge in [0.2, 0.25) is 0 Å². The third kappa shape index (κ3) is 2.66. The second kappa shape index (κ2) is 3.67. The van der Waals surface area contributed by atoms with Crippen molar-refractivity contribution in [3.8, 4) is 0 Å². The van der Waals surface area contributed by atoms with Gasteiger partial charge in [-0.25, -0.2) is 0 Å². The average Bonchev–Trinajstić information content (AvgIpc) is 1.84. The summed E-state index contributed by atoms with van der Waals surface area (Å²) in [6.45, 7) is 9.68. The third-order valence-corrected chi connectivity index (χ3v) is 1.82. The maximum atomic E-state index is 9.06. The number of hydrogen-bond acceptors (Lipinski definition) is 1. The van der Waals surface area contributed by atoms with Crippen LogP contribution < -0.4 is 0 Å². The Balaban J connectivity index is 3.72. The summed E-state index contributed by atoms with van der Waals surface area (Å²) in [5, 5.41) is 9.06. The van der Waals surface area contributed by atoms with E-state index < -0.39 is 0 Å². The highest BCUT2D eigenvalue weighted by Gasteiger charge is 2.09. The first-order valence-electron chi connectivity index (χ1n) is 3.45. The van der Waals surface area contributed by atoms with Crippen LogP contribution in [0.5, 0.6) is 0 Å². The van der Waals surface area contributed by atoms with Gasteiger partial charge >= 0.3 is 0 Å². The van der Waals surface area contributed by atoms with Crippen molar-refractivity contribution in [3.63, 3.8) is 0 Å². The maximum Gasteiger partial charge on any atom is 0.0574 e. The van der Waals surface area contributed by atoms with Crippen LogP contribution in [0.1, 0.15) is 27.2 Å². The second-order valence-corrected chi connectivity index (χ2v) is 2.54.